The first-order chi connectivity index (χ1) is 9.95. The van der Waals surface area contributed by atoms with E-state index in [1.54, 1.807) is 0 Å². The van der Waals surface area contributed by atoms with Gasteiger partial charge in [0, 0.05) is 18.2 Å². The van der Waals surface area contributed by atoms with E-state index in [1.807, 2.05) is 6.92 Å². The number of urea groups is 1. The van der Waals surface area contributed by atoms with Crippen LogP contribution in [0.2, 0.25) is 0 Å². The molecule has 8 heteroatoms. The van der Waals surface area contributed by atoms with E-state index in [4.69, 9.17) is 0 Å². The second-order valence-corrected chi connectivity index (χ2v) is 4.42. The number of nitro groups is 1. The third-order valence-electron chi connectivity index (χ3n) is 2.95. The van der Waals surface area contributed by atoms with Gasteiger partial charge in [0.05, 0.1) is 4.92 Å². The SMILES string of the molecule is CCCN1C(=O)N/C(=C/c2cccc([N+](=O)[O-])c2O)C1=O. The number of imide groups is 1. The van der Waals surface area contributed by atoms with Crippen LogP contribution >= 0.6 is 0 Å². The lowest BCUT2D eigenvalue weighted by Crippen LogP contribution is -2.31. The first-order valence-corrected chi connectivity index (χ1v) is 6.26. The number of carbonyl (C=O) groups excluding carboxylic acids is 2. The molecule has 0 spiro atoms. The number of aromatic hydroxyl groups is 1. The second-order valence-electron chi connectivity index (χ2n) is 4.42. The van der Waals surface area contributed by atoms with Gasteiger partial charge >= 0.3 is 11.7 Å². The van der Waals surface area contributed by atoms with Crippen LogP contribution < -0.4 is 5.32 Å². The molecule has 0 radical (unpaired) electrons. The summed E-state index contributed by atoms with van der Waals surface area (Å²) < 4.78 is 0. The first-order valence-electron chi connectivity index (χ1n) is 6.26. The molecular weight excluding hydrogens is 278 g/mol. The van der Waals surface area contributed by atoms with E-state index in [0.29, 0.717) is 6.42 Å². The molecule has 0 atom stereocenters. The van der Waals surface area contributed by atoms with Crippen molar-refractivity contribution >= 4 is 23.7 Å². The van der Waals surface area contributed by atoms with E-state index in [9.17, 15) is 24.8 Å². The normalized spacial score (nSPS) is 16.4. The molecule has 8 nitrogen and oxygen atoms in total. The molecule has 2 rings (SSSR count). The van der Waals surface area contributed by atoms with Gasteiger partial charge in [-0.15, -0.1) is 0 Å². The number of rotatable bonds is 4. The number of benzene rings is 1. The summed E-state index contributed by atoms with van der Waals surface area (Å²) in [6.45, 7) is 2.11. The molecular formula is C13H13N3O5. The highest BCUT2D eigenvalue weighted by Crippen LogP contribution is 2.31. The highest BCUT2D eigenvalue weighted by atomic mass is 16.6. The zero-order chi connectivity index (χ0) is 15.6. The standard InChI is InChI=1S/C13H13N3O5/c1-2-6-15-12(18)9(14-13(15)19)7-8-4-3-5-10(11(8)17)16(20)21/h3-5,7,17H,2,6H2,1H3,(H,14,19)/b9-7+. The third kappa shape index (κ3) is 2.69. The molecule has 2 N–H and O–H groups in total. The topological polar surface area (TPSA) is 113 Å². The van der Waals surface area contributed by atoms with Crippen LogP contribution in [0.4, 0.5) is 10.5 Å². The molecule has 0 unspecified atom stereocenters. The van der Waals surface area contributed by atoms with E-state index in [1.165, 1.54) is 18.2 Å². The van der Waals surface area contributed by atoms with Crippen LogP contribution in [0.1, 0.15) is 18.9 Å². The van der Waals surface area contributed by atoms with Crippen LogP contribution in [0.15, 0.2) is 23.9 Å². The van der Waals surface area contributed by atoms with Crippen molar-refractivity contribution < 1.29 is 19.6 Å². The van der Waals surface area contributed by atoms with Gasteiger partial charge in [0.2, 0.25) is 5.75 Å². The minimum Gasteiger partial charge on any atom is -0.502 e. The van der Waals surface area contributed by atoms with E-state index in [0.717, 1.165) is 11.0 Å². The number of phenols is 1. The molecule has 1 heterocycles. The number of phenolic OH excluding ortho intramolecular Hbond substituents is 1. The van der Waals surface area contributed by atoms with Gasteiger partial charge in [0.15, 0.2) is 0 Å². The number of carbonyl (C=O) groups is 2. The summed E-state index contributed by atoms with van der Waals surface area (Å²) in [6, 6.07) is 3.40. The maximum absolute atomic E-state index is 12.0. The Bertz CT molecular complexity index is 653. The Morgan fingerprint density at radius 1 is 1.43 bits per heavy atom. The van der Waals surface area contributed by atoms with Crippen molar-refractivity contribution in [2.45, 2.75) is 13.3 Å². The van der Waals surface area contributed by atoms with Gasteiger partial charge in [-0.1, -0.05) is 19.1 Å². The van der Waals surface area contributed by atoms with Crippen LogP contribution in [-0.4, -0.2) is 33.4 Å². The summed E-state index contributed by atoms with van der Waals surface area (Å²) >= 11 is 0. The summed E-state index contributed by atoms with van der Waals surface area (Å²) in [5.74, 6) is -1.07. The molecule has 0 saturated carbocycles. The largest absolute Gasteiger partial charge is 0.502 e. The average Bonchev–Trinajstić information content (AvgIpc) is 2.69. The van der Waals surface area contributed by atoms with Gasteiger partial charge in [-0.2, -0.15) is 0 Å². The lowest BCUT2D eigenvalue weighted by Gasteiger charge is -2.08. The molecule has 1 aliphatic heterocycles. The van der Waals surface area contributed by atoms with Gasteiger partial charge in [0.25, 0.3) is 5.91 Å². The molecule has 1 aromatic carbocycles. The fourth-order valence-electron chi connectivity index (χ4n) is 1.97. The Morgan fingerprint density at radius 3 is 2.76 bits per heavy atom. The molecule has 1 aliphatic rings. The predicted molar refractivity (Wildman–Crippen MR) is 73.3 cm³/mol. The highest BCUT2D eigenvalue weighted by molar-refractivity contribution is 6.14. The minimum atomic E-state index is -0.726. The van der Waals surface area contributed by atoms with Crippen LogP contribution in [0.5, 0.6) is 5.75 Å². The van der Waals surface area contributed by atoms with Crippen molar-refractivity contribution in [2.24, 2.45) is 0 Å². The van der Waals surface area contributed by atoms with Crippen LogP contribution in [0, 0.1) is 10.1 Å². The first kappa shape index (κ1) is 14.5. The van der Waals surface area contributed by atoms with Crippen molar-refractivity contribution in [1.82, 2.24) is 10.2 Å². The Kier molecular flexibility index (Phi) is 3.88. The molecule has 21 heavy (non-hydrogen) atoms. The zero-order valence-electron chi connectivity index (χ0n) is 11.2. The van der Waals surface area contributed by atoms with Crippen molar-refractivity contribution in [3.63, 3.8) is 0 Å². The number of nitrogens with zero attached hydrogens (tertiary/aromatic N) is 2. The quantitative estimate of drug-likeness (QED) is 0.378. The third-order valence-corrected chi connectivity index (χ3v) is 2.95. The summed E-state index contributed by atoms with van der Waals surface area (Å²) in [5, 5.41) is 22.9. The highest BCUT2D eigenvalue weighted by Gasteiger charge is 2.33. The maximum Gasteiger partial charge on any atom is 0.329 e. The lowest BCUT2D eigenvalue weighted by molar-refractivity contribution is -0.385. The van der Waals surface area contributed by atoms with Gasteiger partial charge < -0.3 is 10.4 Å². The number of hydrogen-bond donors (Lipinski definition) is 2. The maximum atomic E-state index is 12.0. The minimum absolute atomic E-state index is 0.0238. The summed E-state index contributed by atoms with van der Waals surface area (Å²) in [4.78, 5) is 34.7. The van der Waals surface area contributed by atoms with Crippen LogP contribution in [0.25, 0.3) is 6.08 Å². The average molecular weight is 291 g/mol. The van der Waals surface area contributed by atoms with Gasteiger partial charge in [-0.05, 0) is 12.5 Å². The number of nitrogens with one attached hydrogen (secondary N) is 1. The van der Waals surface area contributed by atoms with E-state index < -0.39 is 28.3 Å². The lowest BCUT2D eigenvalue weighted by atomic mass is 10.1. The van der Waals surface area contributed by atoms with Gasteiger partial charge in [-0.25, -0.2) is 4.79 Å². The van der Waals surface area contributed by atoms with E-state index >= 15 is 0 Å². The number of amides is 3. The van der Waals surface area contributed by atoms with Crippen LogP contribution in [0.3, 0.4) is 0 Å². The van der Waals surface area contributed by atoms with Crippen molar-refractivity contribution in [1.29, 1.82) is 0 Å². The molecule has 0 aliphatic carbocycles. The fourth-order valence-corrected chi connectivity index (χ4v) is 1.97. The summed E-state index contributed by atoms with van der Waals surface area (Å²) in [5.41, 5.74) is -0.401. The smallest absolute Gasteiger partial charge is 0.329 e. The Labute approximate surface area is 119 Å². The van der Waals surface area contributed by atoms with E-state index in [-0.39, 0.29) is 17.8 Å². The van der Waals surface area contributed by atoms with Crippen molar-refractivity contribution in [2.75, 3.05) is 6.54 Å². The molecule has 1 aromatic rings. The monoisotopic (exact) mass is 291 g/mol. The Balaban J connectivity index is 2.37. The summed E-state index contributed by atoms with van der Waals surface area (Å²) in [7, 11) is 0. The number of para-hydroxylation sites is 1. The molecule has 3 amide bonds. The molecule has 1 saturated heterocycles. The second kappa shape index (κ2) is 5.61. The zero-order valence-corrected chi connectivity index (χ0v) is 11.2. The Morgan fingerprint density at radius 2 is 2.14 bits per heavy atom. The van der Waals surface area contributed by atoms with E-state index in [2.05, 4.69) is 5.32 Å². The number of nitro benzene ring substituents is 1. The molecule has 1 fully saturated rings. The van der Waals surface area contributed by atoms with Crippen molar-refractivity contribution in [3.8, 4) is 5.75 Å². The predicted octanol–water partition coefficient (Wildman–Crippen LogP) is 1.60. The van der Waals surface area contributed by atoms with Crippen LogP contribution in [-0.2, 0) is 4.79 Å². The molecule has 0 aromatic heterocycles. The van der Waals surface area contributed by atoms with Gasteiger partial charge in [0.1, 0.15) is 5.70 Å². The molecule has 110 valence electrons. The van der Waals surface area contributed by atoms with Crippen molar-refractivity contribution in [3.05, 3.63) is 39.6 Å². The fraction of sp³-hybridized carbons (Fsp3) is 0.231. The summed E-state index contributed by atoms with van der Waals surface area (Å²) in [6.07, 6.45) is 1.84. The Hall–Kier alpha value is -2.90. The number of hydrogen-bond acceptors (Lipinski definition) is 5. The molecule has 0 bridgehead atoms. The van der Waals surface area contributed by atoms with Gasteiger partial charge in [-0.3, -0.25) is 19.8 Å².